The lowest BCUT2D eigenvalue weighted by Gasteiger charge is -2.14. The molecule has 2 aromatic heterocycles. The summed E-state index contributed by atoms with van der Waals surface area (Å²) in [6.07, 6.45) is 2.69. The Morgan fingerprint density at radius 2 is 2.08 bits per heavy atom. The molecular formula is C17H19N5O2. The highest BCUT2D eigenvalue weighted by Crippen LogP contribution is 2.25. The summed E-state index contributed by atoms with van der Waals surface area (Å²) in [7, 11) is 0. The van der Waals surface area contributed by atoms with Gasteiger partial charge in [0.15, 0.2) is 0 Å². The minimum Gasteiger partial charge on any atom is -0.469 e. The number of amides is 1. The van der Waals surface area contributed by atoms with E-state index in [0.717, 1.165) is 17.7 Å². The Balaban J connectivity index is 1.62. The van der Waals surface area contributed by atoms with Crippen LogP contribution in [0, 0.1) is 0 Å². The van der Waals surface area contributed by atoms with Crippen molar-refractivity contribution in [1.29, 1.82) is 0 Å². The Hall–Kier alpha value is -3.09. The molecule has 1 amide bonds. The number of furan rings is 1. The topological polar surface area (TPSA) is 110 Å². The maximum Gasteiger partial charge on any atom is 0.239 e. The maximum absolute atomic E-state index is 12.3. The van der Waals surface area contributed by atoms with Crippen LogP contribution in [0.1, 0.15) is 29.5 Å². The molecule has 0 aliphatic rings. The number of nitrogens with two attached hydrogens (primary N) is 1. The molecule has 3 aromatic rings. The number of anilines is 1. The molecule has 1 unspecified atom stereocenters. The standard InChI is InChI=1S/C17H19N5O2/c18-17-20-15(21-22-17)11-19-16(23)10-13(14-7-4-8-24-14)9-12-5-2-1-3-6-12/h1-8,13H,9-11H2,(H,19,23)(H3,18,20,21,22). The van der Waals surface area contributed by atoms with Crippen LogP contribution in [0.2, 0.25) is 0 Å². The van der Waals surface area contributed by atoms with E-state index in [-0.39, 0.29) is 24.3 Å². The van der Waals surface area contributed by atoms with Gasteiger partial charge in [-0.1, -0.05) is 30.3 Å². The van der Waals surface area contributed by atoms with Crippen molar-refractivity contribution in [2.24, 2.45) is 0 Å². The predicted molar refractivity (Wildman–Crippen MR) is 88.9 cm³/mol. The molecule has 0 bridgehead atoms. The molecule has 0 aliphatic heterocycles. The van der Waals surface area contributed by atoms with Crippen molar-refractivity contribution in [3.05, 3.63) is 65.9 Å². The number of carbonyl (C=O) groups excluding carboxylic acids is 1. The molecule has 4 N–H and O–H groups in total. The molecule has 3 rings (SSSR count). The second kappa shape index (κ2) is 7.45. The Bertz CT molecular complexity index is 767. The van der Waals surface area contributed by atoms with E-state index in [1.165, 1.54) is 0 Å². The number of aromatic amines is 1. The van der Waals surface area contributed by atoms with Crippen LogP contribution in [0.4, 0.5) is 5.95 Å². The normalized spacial score (nSPS) is 12.0. The third kappa shape index (κ3) is 4.22. The van der Waals surface area contributed by atoms with E-state index >= 15 is 0 Å². The average Bonchev–Trinajstić information content (AvgIpc) is 3.25. The second-order valence-electron chi connectivity index (χ2n) is 5.52. The molecule has 1 aromatic carbocycles. The van der Waals surface area contributed by atoms with Gasteiger partial charge in [-0.3, -0.25) is 9.89 Å². The number of nitrogen functional groups attached to an aromatic ring is 1. The smallest absolute Gasteiger partial charge is 0.239 e. The highest BCUT2D eigenvalue weighted by Gasteiger charge is 2.19. The molecule has 2 heterocycles. The number of aromatic nitrogens is 3. The molecule has 0 saturated heterocycles. The lowest BCUT2D eigenvalue weighted by atomic mass is 9.93. The summed E-state index contributed by atoms with van der Waals surface area (Å²) in [5.74, 6) is 1.39. The summed E-state index contributed by atoms with van der Waals surface area (Å²) >= 11 is 0. The summed E-state index contributed by atoms with van der Waals surface area (Å²) in [4.78, 5) is 16.2. The van der Waals surface area contributed by atoms with Gasteiger partial charge in [0.1, 0.15) is 11.6 Å². The van der Waals surface area contributed by atoms with Gasteiger partial charge in [0, 0.05) is 12.3 Å². The molecule has 0 spiro atoms. The fourth-order valence-electron chi connectivity index (χ4n) is 2.56. The molecule has 24 heavy (non-hydrogen) atoms. The number of nitrogens with one attached hydrogen (secondary N) is 2. The van der Waals surface area contributed by atoms with Crippen molar-refractivity contribution in [3.8, 4) is 0 Å². The summed E-state index contributed by atoms with van der Waals surface area (Å²) in [6, 6.07) is 13.8. The number of nitrogens with zero attached hydrogens (tertiary/aromatic N) is 2. The monoisotopic (exact) mass is 325 g/mol. The number of carbonyl (C=O) groups is 1. The van der Waals surface area contributed by atoms with Crippen molar-refractivity contribution >= 4 is 11.9 Å². The van der Waals surface area contributed by atoms with Crippen LogP contribution in [0.5, 0.6) is 0 Å². The molecule has 1 atom stereocenters. The van der Waals surface area contributed by atoms with E-state index in [2.05, 4.69) is 20.5 Å². The van der Waals surface area contributed by atoms with Gasteiger partial charge in [-0.05, 0) is 24.1 Å². The van der Waals surface area contributed by atoms with Crippen molar-refractivity contribution in [3.63, 3.8) is 0 Å². The number of benzene rings is 1. The molecule has 7 heteroatoms. The Morgan fingerprint density at radius 3 is 2.75 bits per heavy atom. The van der Waals surface area contributed by atoms with Crippen LogP contribution in [0.15, 0.2) is 53.1 Å². The van der Waals surface area contributed by atoms with Gasteiger partial charge in [0.05, 0.1) is 12.8 Å². The van der Waals surface area contributed by atoms with Crippen molar-refractivity contribution in [2.75, 3.05) is 5.73 Å². The van der Waals surface area contributed by atoms with Gasteiger partial charge in [0.25, 0.3) is 0 Å². The van der Waals surface area contributed by atoms with Gasteiger partial charge in [-0.2, -0.15) is 4.98 Å². The van der Waals surface area contributed by atoms with Gasteiger partial charge in [-0.25, -0.2) is 0 Å². The first-order valence-electron chi connectivity index (χ1n) is 7.71. The van der Waals surface area contributed by atoms with Crippen LogP contribution >= 0.6 is 0 Å². The quantitative estimate of drug-likeness (QED) is 0.615. The summed E-state index contributed by atoms with van der Waals surface area (Å²) in [5.41, 5.74) is 6.60. The van der Waals surface area contributed by atoms with E-state index < -0.39 is 0 Å². The summed E-state index contributed by atoms with van der Waals surface area (Å²) in [6.45, 7) is 0.263. The van der Waals surface area contributed by atoms with Crippen LogP contribution in [-0.2, 0) is 17.8 Å². The first-order valence-corrected chi connectivity index (χ1v) is 7.71. The van der Waals surface area contributed by atoms with Crippen LogP contribution in [-0.4, -0.2) is 21.1 Å². The van der Waals surface area contributed by atoms with E-state index in [9.17, 15) is 4.79 Å². The van der Waals surface area contributed by atoms with Gasteiger partial charge < -0.3 is 15.5 Å². The van der Waals surface area contributed by atoms with Gasteiger partial charge in [-0.15, -0.1) is 5.10 Å². The molecule has 0 radical (unpaired) electrons. The lowest BCUT2D eigenvalue weighted by Crippen LogP contribution is -2.25. The lowest BCUT2D eigenvalue weighted by molar-refractivity contribution is -0.121. The average molecular weight is 325 g/mol. The summed E-state index contributed by atoms with van der Waals surface area (Å²) < 4.78 is 5.51. The zero-order valence-corrected chi connectivity index (χ0v) is 13.1. The van der Waals surface area contributed by atoms with Crippen molar-refractivity contribution in [2.45, 2.75) is 25.3 Å². The highest BCUT2D eigenvalue weighted by molar-refractivity contribution is 5.76. The van der Waals surface area contributed by atoms with Crippen LogP contribution < -0.4 is 11.1 Å². The second-order valence-corrected chi connectivity index (χ2v) is 5.52. The maximum atomic E-state index is 12.3. The van der Waals surface area contributed by atoms with Crippen LogP contribution in [0.25, 0.3) is 0 Å². The summed E-state index contributed by atoms with van der Waals surface area (Å²) in [5, 5.41) is 9.21. The predicted octanol–water partition coefficient (Wildman–Crippen LogP) is 2.01. The SMILES string of the molecule is Nc1n[nH]c(CNC(=O)CC(Cc2ccccc2)c2ccco2)n1. The first kappa shape index (κ1) is 15.8. The fourth-order valence-corrected chi connectivity index (χ4v) is 2.56. The van der Waals surface area contributed by atoms with Gasteiger partial charge in [0.2, 0.25) is 11.9 Å². The molecule has 124 valence electrons. The molecule has 7 nitrogen and oxygen atoms in total. The number of rotatable bonds is 7. The Morgan fingerprint density at radius 1 is 1.25 bits per heavy atom. The van der Waals surface area contributed by atoms with E-state index in [0.29, 0.717) is 12.2 Å². The van der Waals surface area contributed by atoms with Crippen molar-refractivity contribution in [1.82, 2.24) is 20.5 Å². The zero-order valence-electron chi connectivity index (χ0n) is 13.1. The minimum absolute atomic E-state index is 0.0257. The van der Waals surface area contributed by atoms with E-state index in [4.69, 9.17) is 10.2 Å². The number of hydrogen-bond acceptors (Lipinski definition) is 5. The number of H-pyrrole nitrogens is 1. The third-order valence-corrected chi connectivity index (χ3v) is 3.70. The third-order valence-electron chi connectivity index (χ3n) is 3.70. The van der Waals surface area contributed by atoms with Crippen molar-refractivity contribution < 1.29 is 9.21 Å². The molecular weight excluding hydrogens is 306 g/mol. The molecule has 0 saturated carbocycles. The Kier molecular flexibility index (Phi) is 4.90. The first-order chi connectivity index (χ1) is 11.7. The molecule has 0 aliphatic carbocycles. The van der Waals surface area contributed by atoms with Gasteiger partial charge >= 0.3 is 0 Å². The van der Waals surface area contributed by atoms with Crippen LogP contribution in [0.3, 0.4) is 0 Å². The highest BCUT2D eigenvalue weighted by atomic mass is 16.3. The fraction of sp³-hybridized carbons (Fsp3) is 0.235. The zero-order chi connectivity index (χ0) is 16.8. The van der Waals surface area contributed by atoms with E-state index in [1.807, 2.05) is 42.5 Å². The van der Waals surface area contributed by atoms with E-state index in [1.54, 1.807) is 6.26 Å². The number of hydrogen-bond donors (Lipinski definition) is 3. The minimum atomic E-state index is -0.0812. The Labute approximate surface area is 139 Å². The largest absolute Gasteiger partial charge is 0.469 e. The molecule has 0 fully saturated rings.